The van der Waals surface area contributed by atoms with Crippen LogP contribution in [0.3, 0.4) is 0 Å². The smallest absolute Gasteiger partial charge is 0.240 e. The van der Waals surface area contributed by atoms with Gasteiger partial charge in [0.15, 0.2) is 0 Å². The Kier molecular flexibility index (Phi) is 7.67. The van der Waals surface area contributed by atoms with Crippen molar-refractivity contribution < 1.29 is 22.7 Å². The van der Waals surface area contributed by atoms with Crippen molar-refractivity contribution in [2.24, 2.45) is 5.92 Å². The quantitative estimate of drug-likeness (QED) is 0.436. The average Bonchev–Trinajstić information content (AvgIpc) is 3.45. The van der Waals surface area contributed by atoms with Crippen LogP contribution >= 0.6 is 11.3 Å². The van der Waals surface area contributed by atoms with E-state index >= 15 is 0 Å². The fourth-order valence-electron chi connectivity index (χ4n) is 3.83. The molecule has 0 spiro atoms. The Morgan fingerprint density at radius 2 is 1.86 bits per heavy atom. The molecule has 1 aliphatic heterocycles. The molecular formula is C24H27N5O5S2. The number of carbonyl (C=O) groups is 2. The van der Waals surface area contributed by atoms with Gasteiger partial charge < -0.3 is 15.0 Å². The van der Waals surface area contributed by atoms with Crippen molar-refractivity contribution in [3.05, 3.63) is 58.6 Å². The zero-order valence-electron chi connectivity index (χ0n) is 20.1. The Morgan fingerprint density at radius 3 is 2.58 bits per heavy atom. The summed E-state index contributed by atoms with van der Waals surface area (Å²) >= 11 is 1.17. The van der Waals surface area contributed by atoms with Gasteiger partial charge >= 0.3 is 0 Å². The number of benzene rings is 2. The Labute approximate surface area is 213 Å². The summed E-state index contributed by atoms with van der Waals surface area (Å²) in [6.07, 6.45) is 0.400. The van der Waals surface area contributed by atoms with Crippen molar-refractivity contribution in [1.82, 2.24) is 14.9 Å². The highest BCUT2D eigenvalue weighted by molar-refractivity contribution is 7.89. The molecule has 1 aromatic heterocycles. The molecule has 0 saturated carbocycles. The number of rotatable bonds is 9. The van der Waals surface area contributed by atoms with Gasteiger partial charge in [0.1, 0.15) is 10.8 Å². The molecule has 0 aliphatic carbocycles. The van der Waals surface area contributed by atoms with Gasteiger partial charge in [0.05, 0.1) is 23.6 Å². The molecule has 1 saturated heterocycles. The molecule has 2 N–H and O–H groups in total. The molecule has 36 heavy (non-hydrogen) atoms. The SMILES string of the molecule is COc1ccc(C)cc1N1CC(C(=O)Nc2nnc(CCNS(=O)(=O)c3ccc(C)cc3)s2)CC1=O. The van der Waals surface area contributed by atoms with Gasteiger partial charge in [-0.25, -0.2) is 13.1 Å². The van der Waals surface area contributed by atoms with E-state index in [-0.39, 0.29) is 36.2 Å². The average molecular weight is 530 g/mol. The Morgan fingerprint density at radius 1 is 1.14 bits per heavy atom. The van der Waals surface area contributed by atoms with Crippen molar-refractivity contribution in [3.63, 3.8) is 0 Å². The van der Waals surface area contributed by atoms with Crippen LogP contribution in [0.5, 0.6) is 5.75 Å². The van der Waals surface area contributed by atoms with E-state index in [1.165, 1.54) is 11.3 Å². The number of nitrogens with zero attached hydrogens (tertiary/aromatic N) is 3. The largest absolute Gasteiger partial charge is 0.495 e. The van der Waals surface area contributed by atoms with Crippen molar-refractivity contribution >= 4 is 44.0 Å². The molecule has 0 bridgehead atoms. The summed E-state index contributed by atoms with van der Waals surface area (Å²) in [6.45, 7) is 4.19. The highest BCUT2D eigenvalue weighted by Gasteiger charge is 2.36. The molecular weight excluding hydrogens is 502 g/mol. The van der Waals surface area contributed by atoms with Crippen molar-refractivity contribution in [1.29, 1.82) is 0 Å². The van der Waals surface area contributed by atoms with Crippen LogP contribution in [0, 0.1) is 19.8 Å². The molecule has 1 fully saturated rings. The number of hydrogen-bond donors (Lipinski definition) is 2. The number of ether oxygens (including phenoxy) is 1. The summed E-state index contributed by atoms with van der Waals surface area (Å²) in [5.74, 6) is -0.448. The van der Waals surface area contributed by atoms with Gasteiger partial charge in [-0.15, -0.1) is 10.2 Å². The number of carbonyl (C=O) groups excluding carboxylic acids is 2. The van der Waals surface area contributed by atoms with Gasteiger partial charge in [-0.2, -0.15) is 0 Å². The van der Waals surface area contributed by atoms with Gasteiger partial charge in [0, 0.05) is 25.9 Å². The number of methoxy groups -OCH3 is 1. The van der Waals surface area contributed by atoms with Crippen LogP contribution in [0.2, 0.25) is 0 Å². The standard InChI is InChI=1S/C24H27N5O5S2/c1-15-4-7-18(8-5-15)36(32,33)25-11-10-21-27-28-24(35-21)26-23(31)17-13-22(30)29(14-17)19-12-16(2)6-9-20(19)34-3/h4-9,12,17,25H,10-11,13-14H2,1-3H3,(H,26,28,31). The maximum atomic E-state index is 12.8. The lowest BCUT2D eigenvalue weighted by Gasteiger charge is -2.20. The number of aromatic nitrogens is 2. The van der Waals surface area contributed by atoms with Gasteiger partial charge in [-0.1, -0.05) is 35.1 Å². The second-order valence-electron chi connectivity index (χ2n) is 8.53. The zero-order valence-corrected chi connectivity index (χ0v) is 21.8. The minimum absolute atomic E-state index is 0.0788. The molecule has 190 valence electrons. The summed E-state index contributed by atoms with van der Waals surface area (Å²) in [5, 5.41) is 11.6. The third kappa shape index (κ3) is 5.89. The molecule has 0 radical (unpaired) electrons. The molecule has 1 unspecified atom stereocenters. The maximum absolute atomic E-state index is 12.8. The lowest BCUT2D eigenvalue weighted by Crippen LogP contribution is -2.28. The topological polar surface area (TPSA) is 131 Å². The molecule has 2 amide bonds. The summed E-state index contributed by atoms with van der Waals surface area (Å²) in [5.41, 5.74) is 2.60. The maximum Gasteiger partial charge on any atom is 0.240 e. The molecule has 2 heterocycles. The Hall–Kier alpha value is -3.35. The fourth-order valence-corrected chi connectivity index (χ4v) is 5.61. The van der Waals surface area contributed by atoms with E-state index in [4.69, 9.17) is 4.74 Å². The Balaban J connectivity index is 1.32. The van der Waals surface area contributed by atoms with E-state index < -0.39 is 15.9 Å². The normalized spacial score (nSPS) is 15.8. The third-order valence-electron chi connectivity index (χ3n) is 5.78. The predicted molar refractivity (Wildman–Crippen MR) is 137 cm³/mol. The van der Waals surface area contributed by atoms with Crippen molar-refractivity contribution in [3.8, 4) is 5.75 Å². The first kappa shape index (κ1) is 25.7. The van der Waals surface area contributed by atoms with Gasteiger partial charge in [0.2, 0.25) is 27.0 Å². The molecule has 10 nitrogen and oxygen atoms in total. The first-order chi connectivity index (χ1) is 17.2. The van der Waals surface area contributed by atoms with Crippen LogP contribution < -0.4 is 19.7 Å². The van der Waals surface area contributed by atoms with Crippen LogP contribution in [-0.2, 0) is 26.0 Å². The van der Waals surface area contributed by atoms with Crippen molar-refractivity contribution in [2.75, 3.05) is 30.4 Å². The first-order valence-corrected chi connectivity index (χ1v) is 13.6. The monoisotopic (exact) mass is 529 g/mol. The second kappa shape index (κ2) is 10.7. The zero-order chi connectivity index (χ0) is 25.9. The lowest BCUT2D eigenvalue weighted by molar-refractivity contribution is -0.122. The van der Waals surface area contributed by atoms with Gasteiger partial charge in [-0.05, 0) is 43.7 Å². The van der Waals surface area contributed by atoms with Crippen LogP contribution in [0.15, 0.2) is 47.4 Å². The van der Waals surface area contributed by atoms with Crippen LogP contribution in [0.1, 0.15) is 22.6 Å². The van der Waals surface area contributed by atoms with E-state index in [9.17, 15) is 18.0 Å². The number of nitrogens with one attached hydrogen (secondary N) is 2. The summed E-state index contributed by atoms with van der Waals surface area (Å²) in [6, 6.07) is 12.1. The number of amides is 2. The van der Waals surface area contributed by atoms with Crippen LogP contribution in [0.25, 0.3) is 0 Å². The Bertz CT molecular complexity index is 1370. The third-order valence-corrected chi connectivity index (χ3v) is 8.16. The molecule has 1 aliphatic rings. The minimum atomic E-state index is -3.62. The minimum Gasteiger partial charge on any atom is -0.495 e. The summed E-state index contributed by atoms with van der Waals surface area (Å²) in [4.78, 5) is 27.2. The fraction of sp³-hybridized carbons (Fsp3) is 0.333. The van der Waals surface area contributed by atoms with E-state index in [2.05, 4.69) is 20.2 Å². The number of hydrogen-bond acceptors (Lipinski definition) is 8. The van der Waals surface area contributed by atoms with E-state index in [0.29, 0.717) is 28.0 Å². The predicted octanol–water partition coefficient (Wildman–Crippen LogP) is 2.68. The molecule has 2 aromatic carbocycles. The summed E-state index contributed by atoms with van der Waals surface area (Å²) < 4.78 is 32.7. The van der Waals surface area contributed by atoms with E-state index in [1.54, 1.807) is 42.3 Å². The molecule has 4 rings (SSSR count). The highest BCUT2D eigenvalue weighted by Crippen LogP contribution is 2.34. The second-order valence-corrected chi connectivity index (χ2v) is 11.4. The molecule has 3 aromatic rings. The lowest BCUT2D eigenvalue weighted by atomic mass is 10.1. The number of anilines is 2. The van der Waals surface area contributed by atoms with Crippen LogP contribution in [-0.4, -0.2) is 50.6 Å². The van der Waals surface area contributed by atoms with Crippen LogP contribution in [0.4, 0.5) is 10.8 Å². The summed E-state index contributed by atoms with van der Waals surface area (Å²) in [7, 11) is -2.08. The molecule has 12 heteroatoms. The van der Waals surface area contributed by atoms with Gasteiger partial charge in [-0.3, -0.25) is 9.59 Å². The van der Waals surface area contributed by atoms with Gasteiger partial charge in [0.25, 0.3) is 0 Å². The molecule has 1 atom stereocenters. The van der Waals surface area contributed by atoms with E-state index in [1.807, 2.05) is 26.0 Å². The highest BCUT2D eigenvalue weighted by atomic mass is 32.2. The number of sulfonamides is 1. The van der Waals surface area contributed by atoms with Crippen molar-refractivity contribution in [2.45, 2.75) is 31.6 Å². The number of aryl methyl sites for hydroxylation is 2. The van der Waals surface area contributed by atoms with E-state index in [0.717, 1.165) is 11.1 Å². The first-order valence-electron chi connectivity index (χ1n) is 11.3.